The highest BCUT2D eigenvalue weighted by Crippen LogP contribution is 2.36. The highest BCUT2D eigenvalue weighted by atomic mass is 28.3. The maximum absolute atomic E-state index is 5.21. The molecule has 3 heteroatoms. The first-order valence-corrected chi connectivity index (χ1v) is 7.86. The SMILES string of the molecule is CC(C)(C)[Si](C)(C)/N=C/c1ccco1. The Morgan fingerprint density at radius 1 is 1.36 bits per heavy atom. The van der Waals surface area contributed by atoms with E-state index in [0.717, 1.165) is 5.76 Å². The first-order valence-electron chi connectivity index (χ1n) is 4.92. The normalized spacial score (nSPS) is 13.8. The monoisotopic (exact) mass is 209 g/mol. The summed E-state index contributed by atoms with van der Waals surface area (Å²) in [4.78, 5) is 0. The summed E-state index contributed by atoms with van der Waals surface area (Å²) in [7, 11) is -1.55. The molecule has 0 aliphatic rings. The van der Waals surface area contributed by atoms with E-state index in [2.05, 4.69) is 38.5 Å². The van der Waals surface area contributed by atoms with E-state index in [1.54, 1.807) is 6.26 Å². The van der Waals surface area contributed by atoms with Gasteiger partial charge in [-0.2, -0.15) is 0 Å². The molecule has 0 aromatic carbocycles. The molecule has 0 saturated heterocycles. The lowest BCUT2D eigenvalue weighted by Crippen LogP contribution is -2.35. The van der Waals surface area contributed by atoms with Crippen LogP contribution in [-0.4, -0.2) is 14.5 Å². The van der Waals surface area contributed by atoms with Gasteiger partial charge in [0.2, 0.25) is 0 Å². The van der Waals surface area contributed by atoms with Gasteiger partial charge in [0.25, 0.3) is 0 Å². The quantitative estimate of drug-likeness (QED) is 0.538. The third-order valence-electron chi connectivity index (χ3n) is 2.89. The van der Waals surface area contributed by atoms with Crippen molar-refractivity contribution < 1.29 is 4.42 Å². The van der Waals surface area contributed by atoms with Crippen LogP contribution < -0.4 is 0 Å². The summed E-state index contributed by atoms with van der Waals surface area (Å²) >= 11 is 0. The molecule has 0 saturated carbocycles. The van der Waals surface area contributed by atoms with E-state index in [0.29, 0.717) is 0 Å². The number of furan rings is 1. The Labute approximate surface area is 87.1 Å². The van der Waals surface area contributed by atoms with Crippen LogP contribution in [0.4, 0.5) is 0 Å². The van der Waals surface area contributed by atoms with Crippen molar-refractivity contribution in [2.75, 3.05) is 0 Å². The number of nitrogens with zero attached hydrogens (tertiary/aromatic N) is 1. The third kappa shape index (κ3) is 2.58. The van der Waals surface area contributed by atoms with Gasteiger partial charge in [0.1, 0.15) is 5.76 Å². The molecule has 78 valence electrons. The Morgan fingerprint density at radius 2 is 2.00 bits per heavy atom. The second kappa shape index (κ2) is 3.73. The Morgan fingerprint density at radius 3 is 2.43 bits per heavy atom. The third-order valence-corrected chi connectivity index (χ3v) is 7.34. The molecule has 2 nitrogen and oxygen atoms in total. The predicted molar refractivity (Wildman–Crippen MR) is 63.5 cm³/mol. The lowest BCUT2D eigenvalue weighted by atomic mass is 10.2. The van der Waals surface area contributed by atoms with Crippen LogP contribution in [0.2, 0.25) is 18.1 Å². The minimum atomic E-state index is -1.55. The summed E-state index contributed by atoms with van der Waals surface area (Å²) in [6, 6.07) is 3.81. The van der Waals surface area contributed by atoms with Gasteiger partial charge in [-0.1, -0.05) is 20.8 Å². The van der Waals surface area contributed by atoms with E-state index >= 15 is 0 Å². The molecule has 0 atom stereocenters. The van der Waals surface area contributed by atoms with Crippen LogP contribution in [0.5, 0.6) is 0 Å². The fourth-order valence-electron chi connectivity index (χ4n) is 0.783. The van der Waals surface area contributed by atoms with Crippen LogP contribution in [0.3, 0.4) is 0 Å². The molecule has 0 bridgehead atoms. The van der Waals surface area contributed by atoms with Gasteiger partial charge in [-0.05, 0) is 30.3 Å². The van der Waals surface area contributed by atoms with Gasteiger partial charge in [0, 0.05) is 0 Å². The molecule has 0 fully saturated rings. The molecule has 0 radical (unpaired) electrons. The van der Waals surface area contributed by atoms with Gasteiger partial charge in [-0.25, -0.2) is 0 Å². The zero-order valence-corrected chi connectivity index (χ0v) is 10.7. The molecule has 0 N–H and O–H groups in total. The lowest BCUT2D eigenvalue weighted by molar-refractivity contribution is 0.560. The maximum Gasteiger partial charge on any atom is 0.180 e. The number of rotatable bonds is 2. The summed E-state index contributed by atoms with van der Waals surface area (Å²) in [5.41, 5.74) is 0. The maximum atomic E-state index is 5.21. The molecule has 1 heterocycles. The number of hydrogen-bond acceptors (Lipinski definition) is 2. The molecule has 0 unspecified atom stereocenters. The lowest BCUT2D eigenvalue weighted by Gasteiger charge is -2.32. The highest BCUT2D eigenvalue weighted by molar-refractivity contribution is 6.79. The molecule has 1 aromatic rings. The zero-order valence-electron chi connectivity index (χ0n) is 9.66. The van der Waals surface area contributed by atoms with E-state index in [-0.39, 0.29) is 5.04 Å². The fourth-order valence-corrected chi connectivity index (χ4v) is 1.62. The van der Waals surface area contributed by atoms with Crippen molar-refractivity contribution in [1.29, 1.82) is 0 Å². The first kappa shape index (κ1) is 11.2. The Bertz CT molecular complexity index is 307. The van der Waals surface area contributed by atoms with Crippen molar-refractivity contribution in [3.05, 3.63) is 24.2 Å². The van der Waals surface area contributed by atoms with Crippen molar-refractivity contribution in [3.63, 3.8) is 0 Å². The van der Waals surface area contributed by atoms with E-state index in [1.807, 2.05) is 18.3 Å². The van der Waals surface area contributed by atoms with E-state index in [4.69, 9.17) is 4.42 Å². The van der Waals surface area contributed by atoms with Crippen LogP contribution >= 0.6 is 0 Å². The summed E-state index contributed by atoms with van der Waals surface area (Å²) in [5, 5.41) is 0.288. The number of hydrogen-bond donors (Lipinski definition) is 0. The van der Waals surface area contributed by atoms with Gasteiger partial charge in [-0.15, -0.1) is 0 Å². The van der Waals surface area contributed by atoms with Crippen molar-refractivity contribution in [3.8, 4) is 0 Å². The smallest absolute Gasteiger partial charge is 0.180 e. The minimum Gasteiger partial charge on any atom is -0.463 e. The summed E-state index contributed by atoms with van der Waals surface area (Å²) in [6.07, 6.45) is 3.53. The second-order valence-electron chi connectivity index (χ2n) is 5.08. The minimum absolute atomic E-state index is 0.288. The Kier molecular flexibility index (Phi) is 3.00. The average molecular weight is 209 g/mol. The average Bonchev–Trinajstić information content (AvgIpc) is 2.50. The zero-order chi connectivity index (χ0) is 10.8. The Balaban J connectivity index is 2.78. The molecule has 0 aliphatic heterocycles. The molecule has 1 rings (SSSR count). The summed E-state index contributed by atoms with van der Waals surface area (Å²) in [5.74, 6) is 0.842. The van der Waals surface area contributed by atoms with Crippen molar-refractivity contribution >= 4 is 14.5 Å². The molecule has 1 aromatic heterocycles. The van der Waals surface area contributed by atoms with Crippen LogP contribution in [0, 0.1) is 0 Å². The van der Waals surface area contributed by atoms with Crippen LogP contribution in [0.1, 0.15) is 26.5 Å². The second-order valence-corrected chi connectivity index (χ2v) is 9.96. The van der Waals surface area contributed by atoms with Crippen LogP contribution in [-0.2, 0) is 0 Å². The topological polar surface area (TPSA) is 25.5 Å². The summed E-state index contributed by atoms with van der Waals surface area (Å²) in [6.45, 7) is 11.3. The highest BCUT2D eigenvalue weighted by Gasteiger charge is 2.34. The molecule has 0 amide bonds. The summed E-state index contributed by atoms with van der Waals surface area (Å²) < 4.78 is 9.90. The first-order chi connectivity index (χ1) is 6.33. The molecular formula is C11H19NOSi. The van der Waals surface area contributed by atoms with Gasteiger partial charge in [0.05, 0.1) is 12.5 Å². The molecule has 0 spiro atoms. The van der Waals surface area contributed by atoms with E-state index < -0.39 is 8.24 Å². The van der Waals surface area contributed by atoms with E-state index in [1.165, 1.54) is 0 Å². The molecule has 14 heavy (non-hydrogen) atoms. The van der Waals surface area contributed by atoms with E-state index in [9.17, 15) is 0 Å². The van der Waals surface area contributed by atoms with Crippen LogP contribution in [0.15, 0.2) is 27.5 Å². The van der Waals surface area contributed by atoms with Gasteiger partial charge in [0.15, 0.2) is 8.24 Å². The Hall–Kier alpha value is -0.833. The van der Waals surface area contributed by atoms with Crippen molar-refractivity contribution in [2.24, 2.45) is 4.66 Å². The van der Waals surface area contributed by atoms with Gasteiger partial charge < -0.3 is 9.08 Å². The van der Waals surface area contributed by atoms with Crippen molar-refractivity contribution in [1.82, 2.24) is 0 Å². The van der Waals surface area contributed by atoms with Gasteiger partial charge in [-0.3, -0.25) is 0 Å². The van der Waals surface area contributed by atoms with Crippen LogP contribution in [0.25, 0.3) is 0 Å². The standard InChI is InChI=1S/C11H19NOSi/c1-11(2,3)14(4,5)12-9-10-7-6-8-13-10/h6-9H,1-5H3/b12-9+. The molecule has 0 aliphatic carbocycles. The predicted octanol–water partition coefficient (Wildman–Crippen LogP) is 3.70. The van der Waals surface area contributed by atoms with Crippen molar-refractivity contribution in [2.45, 2.75) is 38.9 Å². The largest absolute Gasteiger partial charge is 0.463 e. The molecular weight excluding hydrogens is 190 g/mol. The van der Waals surface area contributed by atoms with Gasteiger partial charge >= 0.3 is 0 Å². The fraction of sp³-hybridized carbons (Fsp3) is 0.545.